The number of ether oxygens (including phenoxy) is 4. The van der Waals surface area contributed by atoms with Gasteiger partial charge in [-0.3, -0.25) is 0 Å². The third-order valence-electron chi connectivity index (χ3n) is 5.12. The van der Waals surface area contributed by atoms with Crippen molar-refractivity contribution in [2.75, 3.05) is 39.6 Å². The van der Waals surface area contributed by atoms with Gasteiger partial charge in [0.15, 0.2) is 0 Å². The largest absolute Gasteiger partial charge is 0.489 e. The second-order valence-corrected chi connectivity index (χ2v) is 14.3. The summed E-state index contributed by atoms with van der Waals surface area (Å²) in [6, 6.07) is 0. The Morgan fingerprint density at radius 2 is 0.838 bits per heavy atom. The molecule has 0 unspecified atom stereocenters. The Bertz CT molecular complexity index is 1000. The van der Waals surface area contributed by atoms with Crippen LogP contribution in [0.3, 0.4) is 0 Å². The third-order valence-corrected chi connectivity index (χ3v) is 13.4. The van der Waals surface area contributed by atoms with Crippen LogP contribution < -0.4 is 9.47 Å². The molecule has 4 nitrogen and oxygen atoms in total. The minimum absolute atomic E-state index is 0.393. The molecule has 0 saturated heterocycles. The van der Waals surface area contributed by atoms with Crippen LogP contribution in [0.15, 0.2) is 61.1 Å². The highest BCUT2D eigenvalue weighted by molar-refractivity contribution is 9.14. The summed E-state index contributed by atoms with van der Waals surface area (Å²) in [7, 11) is 0. The Morgan fingerprint density at radius 3 is 1.11 bits per heavy atom. The summed E-state index contributed by atoms with van der Waals surface area (Å²) in [5.74, 6) is 1.34. The number of hydrogen-bond acceptors (Lipinski definition) is 4. The van der Waals surface area contributed by atoms with Gasteiger partial charge < -0.3 is 18.9 Å². The quantitative estimate of drug-likeness (QED) is 0.107. The van der Waals surface area contributed by atoms with Gasteiger partial charge >= 0.3 is 0 Å². The minimum Gasteiger partial charge on any atom is -0.489 e. The van der Waals surface area contributed by atoms with Crippen molar-refractivity contribution in [2.24, 2.45) is 0 Å². The van der Waals surface area contributed by atoms with Gasteiger partial charge in [-0.2, -0.15) is 0 Å². The lowest BCUT2D eigenvalue weighted by molar-refractivity contribution is 0.120. The van der Waals surface area contributed by atoms with Crippen LogP contribution in [0, 0.1) is 0 Å². The molecule has 2 aromatic rings. The Balaban J connectivity index is 2.52. The smallest absolute Gasteiger partial charge is 0.150 e. The molecule has 0 fully saturated rings. The highest BCUT2D eigenvalue weighted by Crippen LogP contribution is 2.56. The van der Waals surface area contributed by atoms with E-state index in [2.05, 4.69) is 154 Å². The lowest BCUT2D eigenvalue weighted by atomic mass is 9.78. The lowest BCUT2D eigenvalue weighted by Gasteiger charge is -2.33. The van der Waals surface area contributed by atoms with Gasteiger partial charge in [0.05, 0.1) is 44.3 Å². The highest BCUT2D eigenvalue weighted by Gasteiger charge is 2.37. The SMILES string of the molecule is C=CCOCCOc1c(Br)c(Br)c(C(C)(C)c2c(Br)c(Br)c(OCCOCC=C)c(Br)c2Br)c(Br)c1Br. The minimum atomic E-state index is -0.511. The average molecular weight is 1030 g/mol. The van der Waals surface area contributed by atoms with Crippen molar-refractivity contribution in [3.63, 3.8) is 0 Å². The van der Waals surface area contributed by atoms with Crippen LogP contribution in [0.25, 0.3) is 0 Å². The normalized spacial score (nSPS) is 11.5. The first-order valence-electron chi connectivity index (χ1n) is 10.8. The van der Waals surface area contributed by atoms with Gasteiger partial charge in [-0.1, -0.05) is 26.0 Å². The number of rotatable bonds is 14. The third kappa shape index (κ3) is 8.19. The van der Waals surface area contributed by atoms with Gasteiger partial charge in [0.25, 0.3) is 0 Å². The van der Waals surface area contributed by atoms with Crippen molar-refractivity contribution in [2.45, 2.75) is 19.3 Å². The predicted molar refractivity (Wildman–Crippen MR) is 180 cm³/mol. The fourth-order valence-electron chi connectivity index (χ4n) is 3.44. The van der Waals surface area contributed by atoms with Gasteiger partial charge in [-0.15, -0.1) is 13.2 Å². The molecule has 0 aromatic heterocycles. The predicted octanol–water partition coefficient (Wildman–Crippen LogP) is 11.3. The first kappa shape index (κ1) is 34.5. The topological polar surface area (TPSA) is 36.9 Å². The molecule has 37 heavy (non-hydrogen) atoms. The molecule has 0 aliphatic carbocycles. The second kappa shape index (κ2) is 16.1. The van der Waals surface area contributed by atoms with E-state index in [-0.39, 0.29) is 0 Å². The zero-order valence-corrected chi connectivity index (χ0v) is 32.7. The molecule has 0 amide bonds. The molecule has 0 radical (unpaired) electrons. The molecule has 0 atom stereocenters. The molecule has 2 rings (SSSR count). The van der Waals surface area contributed by atoms with Crippen molar-refractivity contribution in [3.05, 3.63) is 72.2 Å². The van der Waals surface area contributed by atoms with Crippen molar-refractivity contribution in [1.29, 1.82) is 0 Å². The fourth-order valence-corrected chi connectivity index (χ4v) is 10.0. The van der Waals surface area contributed by atoms with E-state index in [0.717, 1.165) is 46.9 Å². The molecule has 0 aliphatic rings. The van der Waals surface area contributed by atoms with Crippen LogP contribution in [0.1, 0.15) is 25.0 Å². The van der Waals surface area contributed by atoms with E-state index in [1.165, 1.54) is 0 Å². The molecule has 204 valence electrons. The summed E-state index contributed by atoms with van der Waals surface area (Å²) in [6.45, 7) is 14.2. The number of hydrogen-bond donors (Lipinski definition) is 0. The van der Waals surface area contributed by atoms with Crippen molar-refractivity contribution in [3.8, 4) is 11.5 Å². The zero-order chi connectivity index (χ0) is 27.9. The molecular weight excluding hydrogens is 1000 g/mol. The molecule has 0 saturated carbocycles. The van der Waals surface area contributed by atoms with E-state index in [4.69, 9.17) is 18.9 Å². The molecule has 0 heterocycles. The highest BCUT2D eigenvalue weighted by atomic mass is 79.9. The average Bonchev–Trinajstić information content (AvgIpc) is 2.85. The molecular formula is C25H24Br8O4. The standard InChI is InChI=1S/C25H24Br8O4/c1-5-7-34-9-11-36-23-19(30)15(26)13(16(27)20(23)31)25(3,4)14-17(28)21(32)24(22(33)18(14)29)37-12-10-35-8-6-2/h5-6H,1-2,7-12H2,3-4H3. The molecule has 2 aromatic carbocycles. The van der Waals surface area contributed by atoms with Crippen molar-refractivity contribution >= 4 is 127 Å². The lowest BCUT2D eigenvalue weighted by Crippen LogP contribution is -2.23. The molecule has 0 N–H and O–H groups in total. The van der Waals surface area contributed by atoms with Gasteiger partial charge in [0.1, 0.15) is 24.7 Å². The van der Waals surface area contributed by atoms with Gasteiger partial charge in [-0.25, -0.2) is 0 Å². The fraction of sp³-hybridized carbons (Fsp3) is 0.360. The summed E-state index contributed by atoms with van der Waals surface area (Å²) in [6.07, 6.45) is 3.42. The van der Waals surface area contributed by atoms with Crippen molar-refractivity contribution < 1.29 is 18.9 Å². The van der Waals surface area contributed by atoms with Gasteiger partial charge in [-0.05, 0) is 139 Å². The maximum Gasteiger partial charge on any atom is 0.150 e. The molecule has 0 bridgehead atoms. The summed E-state index contributed by atoms with van der Waals surface area (Å²) in [5, 5.41) is 0. The van der Waals surface area contributed by atoms with Gasteiger partial charge in [0, 0.05) is 23.3 Å². The monoisotopic (exact) mass is 1020 g/mol. The second-order valence-electron chi connectivity index (χ2n) is 7.97. The Morgan fingerprint density at radius 1 is 0.541 bits per heavy atom. The maximum absolute atomic E-state index is 6.03. The van der Waals surface area contributed by atoms with Crippen LogP contribution in [-0.2, 0) is 14.9 Å². The maximum atomic E-state index is 6.03. The Kier molecular flexibility index (Phi) is 15.0. The van der Waals surface area contributed by atoms with E-state index in [1.54, 1.807) is 12.2 Å². The first-order valence-corrected chi connectivity index (χ1v) is 17.1. The number of halogens is 8. The van der Waals surface area contributed by atoms with E-state index >= 15 is 0 Å². The van der Waals surface area contributed by atoms with Crippen LogP contribution >= 0.6 is 127 Å². The molecule has 12 heteroatoms. The van der Waals surface area contributed by atoms with Crippen molar-refractivity contribution in [1.82, 2.24) is 0 Å². The Labute approximate surface area is 285 Å². The molecule has 0 aliphatic heterocycles. The van der Waals surface area contributed by atoms with Crippen LogP contribution in [0.4, 0.5) is 0 Å². The van der Waals surface area contributed by atoms with E-state index in [9.17, 15) is 0 Å². The van der Waals surface area contributed by atoms with Crippen LogP contribution in [0.2, 0.25) is 0 Å². The van der Waals surface area contributed by atoms with Crippen LogP contribution in [-0.4, -0.2) is 39.6 Å². The van der Waals surface area contributed by atoms with E-state index in [0.29, 0.717) is 51.1 Å². The Hall–Kier alpha value is 1.28. The summed E-state index contributed by atoms with van der Waals surface area (Å²) >= 11 is 30.2. The first-order chi connectivity index (χ1) is 17.4. The zero-order valence-electron chi connectivity index (χ0n) is 20.0. The summed E-state index contributed by atoms with van der Waals surface area (Å²) in [5.41, 5.74) is 1.50. The summed E-state index contributed by atoms with van der Waals surface area (Å²) < 4.78 is 29.6. The van der Waals surface area contributed by atoms with E-state index < -0.39 is 5.41 Å². The molecule has 0 spiro atoms. The van der Waals surface area contributed by atoms with E-state index in [1.807, 2.05) is 0 Å². The van der Waals surface area contributed by atoms with Gasteiger partial charge in [0.2, 0.25) is 0 Å². The number of benzene rings is 2. The summed E-state index contributed by atoms with van der Waals surface area (Å²) in [4.78, 5) is 0. The van der Waals surface area contributed by atoms with Crippen LogP contribution in [0.5, 0.6) is 11.5 Å².